The van der Waals surface area contributed by atoms with Crippen LogP contribution in [0.25, 0.3) is 16.9 Å². The Kier molecular flexibility index (Phi) is 4.74. The summed E-state index contributed by atoms with van der Waals surface area (Å²) in [7, 11) is 0. The van der Waals surface area contributed by atoms with E-state index in [9.17, 15) is 14.0 Å². The summed E-state index contributed by atoms with van der Waals surface area (Å²) in [5.41, 5.74) is 1.79. The number of H-pyrrole nitrogens is 1. The summed E-state index contributed by atoms with van der Waals surface area (Å²) < 4.78 is 15.4. The van der Waals surface area contributed by atoms with Gasteiger partial charge in [-0.15, -0.1) is 0 Å². The molecule has 0 saturated carbocycles. The van der Waals surface area contributed by atoms with Crippen molar-refractivity contribution in [1.29, 1.82) is 0 Å². The van der Waals surface area contributed by atoms with Gasteiger partial charge in [0, 0.05) is 29.2 Å². The van der Waals surface area contributed by atoms with Crippen molar-refractivity contribution < 1.29 is 9.18 Å². The van der Waals surface area contributed by atoms with Crippen molar-refractivity contribution in [2.75, 3.05) is 5.32 Å². The highest BCUT2D eigenvalue weighted by Gasteiger charge is 2.17. The van der Waals surface area contributed by atoms with Gasteiger partial charge in [0.25, 0.3) is 5.91 Å². The van der Waals surface area contributed by atoms with Gasteiger partial charge in [-0.25, -0.2) is 9.07 Å². The molecule has 1 amide bonds. The number of aromatic nitrogens is 4. The number of carbonyl (C=O) groups is 1. The van der Waals surface area contributed by atoms with E-state index in [1.165, 1.54) is 22.9 Å². The lowest BCUT2D eigenvalue weighted by molar-refractivity contribution is 0.101. The predicted molar refractivity (Wildman–Crippen MR) is 107 cm³/mol. The van der Waals surface area contributed by atoms with Crippen LogP contribution in [0.5, 0.6) is 0 Å². The second-order valence-electron chi connectivity index (χ2n) is 6.37. The van der Waals surface area contributed by atoms with Crippen molar-refractivity contribution in [2.45, 2.75) is 6.92 Å². The van der Waals surface area contributed by atoms with Crippen molar-refractivity contribution in [3.63, 3.8) is 0 Å². The van der Waals surface area contributed by atoms with E-state index in [-0.39, 0.29) is 11.4 Å². The summed E-state index contributed by atoms with van der Waals surface area (Å²) in [4.78, 5) is 25.1. The molecule has 0 fully saturated rings. The van der Waals surface area contributed by atoms with Crippen molar-refractivity contribution in [3.8, 4) is 16.9 Å². The molecule has 4 aromatic rings. The lowest BCUT2D eigenvalue weighted by Gasteiger charge is -2.12. The molecule has 0 aliphatic carbocycles. The summed E-state index contributed by atoms with van der Waals surface area (Å²) in [6, 6.07) is 16.1. The molecular weight excluding hydrogens is 373 g/mol. The Labute approximate surface area is 164 Å². The van der Waals surface area contributed by atoms with Crippen molar-refractivity contribution in [2.24, 2.45) is 0 Å². The van der Waals surface area contributed by atoms with Crippen LogP contribution < -0.4 is 10.7 Å². The first kappa shape index (κ1) is 18.3. The van der Waals surface area contributed by atoms with E-state index in [4.69, 9.17) is 0 Å². The van der Waals surface area contributed by atoms with E-state index in [0.717, 1.165) is 11.3 Å². The van der Waals surface area contributed by atoms with E-state index >= 15 is 0 Å². The van der Waals surface area contributed by atoms with Gasteiger partial charge in [0.15, 0.2) is 5.69 Å². The number of benzene rings is 2. The number of rotatable bonds is 4. The Hall–Kier alpha value is -4.07. The number of nitrogens with one attached hydrogen (secondary N) is 2. The molecule has 0 radical (unpaired) electrons. The molecule has 2 aromatic carbocycles. The van der Waals surface area contributed by atoms with Crippen molar-refractivity contribution >= 4 is 11.6 Å². The van der Waals surface area contributed by atoms with Crippen LogP contribution in [0.2, 0.25) is 0 Å². The molecule has 0 unspecified atom stereocenters. The molecule has 144 valence electrons. The largest absolute Gasteiger partial charge is 0.320 e. The van der Waals surface area contributed by atoms with Crippen LogP contribution in [0.3, 0.4) is 0 Å². The molecule has 2 N–H and O–H groups in total. The third-order valence-electron chi connectivity index (χ3n) is 4.34. The van der Waals surface area contributed by atoms with Crippen LogP contribution in [0, 0.1) is 12.7 Å². The Morgan fingerprint density at radius 1 is 1.10 bits per heavy atom. The van der Waals surface area contributed by atoms with E-state index in [2.05, 4.69) is 20.6 Å². The first-order valence-corrected chi connectivity index (χ1v) is 8.80. The Balaban J connectivity index is 1.68. The molecular formula is C21H16FN5O2. The van der Waals surface area contributed by atoms with Crippen LogP contribution in [-0.4, -0.2) is 25.9 Å². The number of anilines is 1. The van der Waals surface area contributed by atoms with Gasteiger partial charge in [-0.3, -0.25) is 14.7 Å². The monoisotopic (exact) mass is 389 g/mol. The first-order valence-electron chi connectivity index (χ1n) is 8.80. The van der Waals surface area contributed by atoms with Crippen LogP contribution in [0.15, 0.2) is 71.7 Å². The minimum Gasteiger partial charge on any atom is -0.320 e. The topological polar surface area (TPSA) is 92.7 Å². The maximum Gasteiger partial charge on any atom is 0.280 e. The molecule has 2 aromatic heterocycles. The van der Waals surface area contributed by atoms with E-state index in [1.54, 1.807) is 49.5 Å². The fourth-order valence-corrected chi connectivity index (χ4v) is 2.94. The maximum absolute atomic E-state index is 14.2. The van der Waals surface area contributed by atoms with Gasteiger partial charge in [0.2, 0.25) is 5.43 Å². The molecule has 0 aliphatic rings. The Bertz CT molecular complexity index is 1250. The zero-order valence-electron chi connectivity index (χ0n) is 15.4. The van der Waals surface area contributed by atoms with Gasteiger partial charge in [0.05, 0.1) is 5.69 Å². The number of para-hydroxylation sites is 1. The van der Waals surface area contributed by atoms with E-state index in [1.807, 2.05) is 6.07 Å². The number of aromatic amines is 1. The zero-order valence-corrected chi connectivity index (χ0v) is 15.4. The average Bonchev–Trinajstić information content (AvgIpc) is 3.24. The molecule has 0 aliphatic heterocycles. The Morgan fingerprint density at radius 2 is 1.93 bits per heavy atom. The molecule has 7 nitrogen and oxygen atoms in total. The first-order chi connectivity index (χ1) is 14.0. The van der Waals surface area contributed by atoms with Crippen LogP contribution in [-0.2, 0) is 0 Å². The summed E-state index contributed by atoms with van der Waals surface area (Å²) in [5, 5.41) is 13.5. The van der Waals surface area contributed by atoms with Gasteiger partial charge in [-0.05, 0) is 37.3 Å². The molecule has 0 saturated heterocycles. The van der Waals surface area contributed by atoms with E-state index in [0.29, 0.717) is 11.4 Å². The SMILES string of the molecule is Cc1cc(=O)c(C(=O)Nc2cccc(-c3ccn[nH]3)c2)nn1-c1ccccc1F. The summed E-state index contributed by atoms with van der Waals surface area (Å²) >= 11 is 0. The lowest BCUT2D eigenvalue weighted by atomic mass is 10.1. The molecule has 0 atom stereocenters. The van der Waals surface area contributed by atoms with Gasteiger partial charge in [-0.1, -0.05) is 24.3 Å². The van der Waals surface area contributed by atoms with Gasteiger partial charge in [-0.2, -0.15) is 10.2 Å². The third kappa shape index (κ3) is 3.68. The van der Waals surface area contributed by atoms with Gasteiger partial charge < -0.3 is 5.32 Å². The molecule has 8 heteroatoms. The number of hydrogen-bond acceptors (Lipinski definition) is 4. The number of carbonyl (C=O) groups excluding carboxylic acids is 1. The molecule has 29 heavy (non-hydrogen) atoms. The molecule has 4 rings (SSSR count). The van der Waals surface area contributed by atoms with Crippen LogP contribution in [0.1, 0.15) is 16.2 Å². The van der Waals surface area contributed by atoms with Gasteiger partial charge in [0.1, 0.15) is 11.5 Å². The highest BCUT2D eigenvalue weighted by molar-refractivity contribution is 6.03. The number of nitrogens with zero attached hydrogens (tertiary/aromatic N) is 3. The Morgan fingerprint density at radius 3 is 2.69 bits per heavy atom. The van der Waals surface area contributed by atoms with E-state index < -0.39 is 17.2 Å². The van der Waals surface area contributed by atoms with Crippen molar-refractivity contribution in [1.82, 2.24) is 20.0 Å². The molecule has 0 bridgehead atoms. The van der Waals surface area contributed by atoms with Crippen LogP contribution in [0.4, 0.5) is 10.1 Å². The standard InChI is InChI=1S/C21H16FN5O2/c1-13-11-19(28)20(26-27(13)18-8-3-2-7-16(18)22)21(29)24-15-6-4-5-14(12-15)17-9-10-23-25-17/h2-12H,1H3,(H,23,25)(H,24,29). The maximum atomic E-state index is 14.2. The molecule has 2 heterocycles. The molecule has 0 spiro atoms. The minimum atomic E-state index is -0.679. The number of halogens is 1. The number of aryl methyl sites for hydroxylation is 1. The van der Waals surface area contributed by atoms with Crippen molar-refractivity contribution in [3.05, 3.63) is 94.3 Å². The summed E-state index contributed by atoms with van der Waals surface area (Å²) in [6.45, 7) is 1.62. The summed E-state index contributed by atoms with van der Waals surface area (Å²) in [6.07, 6.45) is 1.63. The number of amides is 1. The smallest absolute Gasteiger partial charge is 0.280 e. The quantitative estimate of drug-likeness (QED) is 0.560. The summed E-state index contributed by atoms with van der Waals surface area (Å²) in [5.74, 6) is -1.19. The normalized spacial score (nSPS) is 10.7. The highest BCUT2D eigenvalue weighted by atomic mass is 19.1. The predicted octanol–water partition coefficient (Wildman–Crippen LogP) is 3.32. The minimum absolute atomic E-state index is 0.153. The second-order valence-corrected chi connectivity index (χ2v) is 6.37. The van der Waals surface area contributed by atoms with Gasteiger partial charge >= 0.3 is 0 Å². The fourth-order valence-electron chi connectivity index (χ4n) is 2.94. The lowest BCUT2D eigenvalue weighted by Crippen LogP contribution is -2.27. The zero-order chi connectivity index (χ0) is 20.4. The highest BCUT2D eigenvalue weighted by Crippen LogP contribution is 2.20. The second kappa shape index (κ2) is 7.51. The number of hydrogen-bond donors (Lipinski definition) is 2. The third-order valence-corrected chi connectivity index (χ3v) is 4.34. The fraction of sp³-hybridized carbons (Fsp3) is 0.0476. The average molecular weight is 389 g/mol. The van der Waals surface area contributed by atoms with Crippen LogP contribution >= 0.6 is 0 Å².